The maximum atomic E-state index is 12.8. The number of hydrogen-bond donors (Lipinski definition) is 1. The summed E-state index contributed by atoms with van der Waals surface area (Å²) in [5.74, 6) is 0.604. The van der Waals surface area contributed by atoms with Crippen LogP contribution in [0.15, 0.2) is 48.5 Å². The first kappa shape index (κ1) is 25.8. The van der Waals surface area contributed by atoms with Gasteiger partial charge in [0.15, 0.2) is 6.10 Å². The summed E-state index contributed by atoms with van der Waals surface area (Å²) in [6, 6.07) is 14.0. The molecule has 0 aliphatic heterocycles. The number of carbonyl (C=O) groups is 2. The largest absolute Gasteiger partial charge is 0.492 e. The highest BCUT2D eigenvalue weighted by Crippen LogP contribution is 2.26. The van der Waals surface area contributed by atoms with Crippen LogP contribution in [-0.2, 0) is 16.0 Å². The van der Waals surface area contributed by atoms with Crippen molar-refractivity contribution in [3.05, 3.63) is 59.1 Å². The molecule has 34 heavy (non-hydrogen) atoms. The van der Waals surface area contributed by atoms with Crippen molar-refractivity contribution >= 4 is 23.7 Å². The summed E-state index contributed by atoms with van der Waals surface area (Å²) in [6.45, 7) is 3.47. The predicted molar refractivity (Wildman–Crippen MR) is 130 cm³/mol. The van der Waals surface area contributed by atoms with Gasteiger partial charge >= 0.3 is 12.1 Å². The second-order valence-electron chi connectivity index (χ2n) is 8.40. The molecule has 1 N–H and O–H groups in total. The maximum absolute atomic E-state index is 12.8. The molecule has 2 aromatic carbocycles. The van der Waals surface area contributed by atoms with E-state index in [2.05, 4.69) is 0 Å². The van der Waals surface area contributed by atoms with E-state index < -0.39 is 18.2 Å². The van der Waals surface area contributed by atoms with Gasteiger partial charge in [-0.05, 0) is 67.6 Å². The lowest BCUT2D eigenvalue weighted by Gasteiger charge is -2.25. The zero-order chi connectivity index (χ0) is 24.3. The van der Waals surface area contributed by atoms with Gasteiger partial charge in [-0.1, -0.05) is 36.6 Å². The number of hydrogen-bond acceptors (Lipinski definition) is 5. The summed E-state index contributed by atoms with van der Waals surface area (Å²) < 4.78 is 16.7. The Morgan fingerprint density at radius 1 is 1.06 bits per heavy atom. The Bertz CT molecular complexity index is 912. The minimum atomic E-state index is -0.977. The minimum absolute atomic E-state index is 0.287. The molecule has 1 saturated carbocycles. The van der Waals surface area contributed by atoms with Gasteiger partial charge in [0.25, 0.3) is 0 Å². The topological polar surface area (TPSA) is 85.3 Å². The fourth-order valence-electron chi connectivity index (χ4n) is 4.06. The van der Waals surface area contributed by atoms with Crippen molar-refractivity contribution in [3.8, 4) is 11.5 Å². The summed E-state index contributed by atoms with van der Waals surface area (Å²) in [7, 11) is 0. The van der Waals surface area contributed by atoms with Crippen LogP contribution in [0.2, 0.25) is 5.02 Å². The quantitative estimate of drug-likeness (QED) is 0.427. The van der Waals surface area contributed by atoms with E-state index in [-0.39, 0.29) is 6.42 Å². The molecule has 1 fully saturated rings. The number of aliphatic carboxylic acids is 1. The van der Waals surface area contributed by atoms with Crippen LogP contribution in [0, 0.1) is 5.92 Å². The number of carbonyl (C=O) groups excluding carboxylic acids is 1. The third-order valence-electron chi connectivity index (χ3n) is 5.85. The van der Waals surface area contributed by atoms with Crippen LogP contribution in [0.5, 0.6) is 11.5 Å². The molecule has 1 unspecified atom stereocenters. The number of carboxylic acids is 1. The number of nitrogens with zero attached hydrogens (tertiary/aromatic N) is 1. The molecule has 1 amide bonds. The van der Waals surface area contributed by atoms with E-state index in [0.717, 1.165) is 18.4 Å². The van der Waals surface area contributed by atoms with Gasteiger partial charge in [-0.2, -0.15) is 0 Å². The van der Waals surface area contributed by atoms with Crippen molar-refractivity contribution in [2.75, 3.05) is 26.3 Å². The SMILES string of the molecule is CCOC(Cc1ccc(OCCN(CC2CCCC2)C(=O)Oc2ccc(Cl)cc2)cc1)C(=O)O. The van der Waals surface area contributed by atoms with Crippen LogP contribution in [0.25, 0.3) is 0 Å². The van der Waals surface area contributed by atoms with Gasteiger partial charge in [-0.3, -0.25) is 0 Å². The van der Waals surface area contributed by atoms with Crippen LogP contribution >= 0.6 is 11.6 Å². The first-order valence-electron chi connectivity index (χ1n) is 11.7. The van der Waals surface area contributed by atoms with Crippen LogP contribution in [-0.4, -0.2) is 54.5 Å². The van der Waals surface area contributed by atoms with Gasteiger partial charge in [-0.15, -0.1) is 0 Å². The summed E-state index contributed by atoms with van der Waals surface area (Å²) >= 11 is 5.91. The van der Waals surface area contributed by atoms with Crippen molar-refractivity contribution in [1.29, 1.82) is 0 Å². The van der Waals surface area contributed by atoms with Gasteiger partial charge in [-0.25, -0.2) is 9.59 Å². The maximum Gasteiger partial charge on any atom is 0.415 e. The molecular weight excluding hydrogens is 458 g/mol. The van der Waals surface area contributed by atoms with Gasteiger partial charge in [0.1, 0.15) is 18.1 Å². The van der Waals surface area contributed by atoms with E-state index in [1.54, 1.807) is 48.2 Å². The second-order valence-corrected chi connectivity index (χ2v) is 8.83. The van der Waals surface area contributed by atoms with Crippen molar-refractivity contribution in [3.63, 3.8) is 0 Å². The van der Waals surface area contributed by atoms with Crippen LogP contribution in [0.1, 0.15) is 38.2 Å². The Balaban J connectivity index is 1.54. The molecular formula is C26H32ClNO6. The van der Waals surface area contributed by atoms with Crippen molar-refractivity contribution in [1.82, 2.24) is 4.90 Å². The van der Waals surface area contributed by atoms with Gasteiger partial charge in [0.2, 0.25) is 0 Å². The highest BCUT2D eigenvalue weighted by atomic mass is 35.5. The number of amides is 1. The van der Waals surface area contributed by atoms with Crippen LogP contribution < -0.4 is 9.47 Å². The number of benzene rings is 2. The summed E-state index contributed by atoms with van der Waals surface area (Å²) in [6.07, 6.45) is 3.64. The van der Waals surface area contributed by atoms with E-state index in [0.29, 0.717) is 48.7 Å². The van der Waals surface area contributed by atoms with Crippen LogP contribution in [0.4, 0.5) is 4.79 Å². The van der Waals surface area contributed by atoms with Crippen molar-refractivity contribution in [2.45, 2.75) is 45.1 Å². The van der Waals surface area contributed by atoms with Crippen molar-refractivity contribution in [2.24, 2.45) is 5.92 Å². The van der Waals surface area contributed by atoms with E-state index in [9.17, 15) is 14.7 Å². The molecule has 0 spiro atoms. The number of ether oxygens (including phenoxy) is 3. The molecule has 0 bridgehead atoms. The molecule has 3 rings (SSSR count). The van der Waals surface area contributed by atoms with E-state index in [1.807, 2.05) is 12.1 Å². The third kappa shape index (κ3) is 8.22. The summed E-state index contributed by atoms with van der Waals surface area (Å²) in [5, 5.41) is 9.82. The molecule has 1 aliphatic carbocycles. The molecule has 0 aromatic heterocycles. The van der Waals surface area contributed by atoms with Gasteiger partial charge in [0.05, 0.1) is 6.54 Å². The monoisotopic (exact) mass is 489 g/mol. The minimum Gasteiger partial charge on any atom is -0.492 e. The third-order valence-corrected chi connectivity index (χ3v) is 6.10. The normalized spacial score (nSPS) is 14.5. The first-order valence-corrected chi connectivity index (χ1v) is 12.1. The molecule has 0 saturated heterocycles. The predicted octanol–water partition coefficient (Wildman–Crippen LogP) is 5.44. The Kier molecular flexibility index (Phi) is 10.0. The lowest BCUT2D eigenvalue weighted by Crippen LogP contribution is -2.39. The highest BCUT2D eigenvalue weighted by Gasteiger charge is 2.23. The lowest BCUT2D eigenvalue weighted by molar-refractivity contribution is -0.149. The number of rotatable bonds is 12. The Labute approximate surface area is 205 Å². The highest BCUT2D eigenvalue weighted by molar-refractivity contribution is 6.30. The zero-order valence-corrected chi connectivity index (χ0v) is 20.2. The van der Waals surface area contributed by atoms with Gasteiger partial charge < -0.3 is 24.2 Å². The lowest BCUT2D eigenvalue weighted by atomic mass is 10.1. The molecule has 184 valence electrons. The molecule has 2 aromatic rings. The number of carboxylic acid groups (broad SMARTS) is 1. The molecule has 8 heteroatoms. The van der Waals surface area contributed by atoms with Crippen molar-refractivity contribution < 1.29 is 28.9 Å². The Hall–Kier alpha value is -2.77. The Morgan fingerprint density at radius 3 is 2.32 bits per heavy atom. The molecule has 1 atom stereocenters. The summed E-state index contributed by atoms with van der Waals surface area (Å²) in [4.78, 5) is 25.8. The van der Waals surface area contributed by atoms with E-state index in [4.69, 9.17) is 25.8 Å². The summed E-state index contributed by atoms with van der Waals surface area (Å²) in [5.41, 5.74) is 0.850. The van der Waals surface area contributed by atoms with Gasteiger partial charge in [0, 0.05) is 24.6 Å². The fourth-order valence-corrected chi connectivity index (χ4v) is 4.18. The zero-order valence-electron chi connectivity index (χ0n) is 19.5. The molecule has 1 aliphatic rings. The Morgan fingerprint density at radius 2 is 1.71 bits per heavy atom. The van der Waals surface area contributed by atoms with E-state index in [1.165, 1.54) is 12.8 Å². The smallest absolute Gasteiger partial charge is 0.415 e. The first-order chi connectivity index (χ1) is 16.4. The average molecular weight is 490 g/mol. The van der Waals surface area contributed by atoms with E-state index >= 15 is 0 Å². The number of halogens is 1. The fraction of sp³-hybridized carbons (Fsp3) is 0.462. The average Bonchev–Trinajstić information content (AvgIpc) is 3.34. The molecule has 7 nitrogen and oxygen atoms in total. The second kappa shape index (κ2) is 13.2. The molecule has 0 radical (unpaired) electrons. The standard InChI is InChI=1S/C26H32ClNO6/c1-2-32-24(25(29)30)17-19-7-11-22(12-8-19)33-16-15-28(18-20-5-3-4-6-20)26(31)34-23-13-9-21(27)10-14-23/h7-14,20,24H,2-6,15-18H2,1H3,(H,29,30). The molecule has 0 heterocycles. The van der Waals surface area contributed by atoms with Crippen LogP contribution in [0.3, 0.4) is 0 Å².